The Kier molecular flexibility index (Phi) is 5.28. The van der Waals surface area contributed by atoms with Crippen LogP contribution in [0.25, 0.3) is 6.08 Å². The fourth-order valence-electron chi connectivity index (χ4n) is 2.74. The van der Waals surface area contributed by atoms with Crippen molar-refractivity contribution in [1.82, 2.24) is 5.32 Å². The monoisotopic (exact) mass is 384 g/mol. The SMILES string of the molecule is CCOc1ccc(C=C2C(=O)NC(=O)N(c3ccccc3C)C2=O)cc1Cl. The molecular weight excluding hydrogens is 368 g/mol. The molecule has 4 amide bonds. The molecule has 2 aromatic rings. The van der Waals surface area contributed by atoms with Gasteiger partial charge in [0.1, 0.15) is 11.3 Å². The Balaban J connectivity index is 2.00. The van der Waals surface area contributed by atoms with E-state index in [4.69, 9.17) is 16.3 Å². The highest BCUT2D eigenvalue weighted by Crippen LogP contribution is 2.28. The number of rotatable bonds is 4. The topological polar surface area (TPSA) is 75.7 Å². The zero-order valence-electron chi connectivity index (χ0n) is 14.8. The van der Waals surface area contributed by atoms with E-state index >= 15 is 0 Å². The fraction of sp³-hybridized carbons (Fsp3) is 0.150. The van der Waals surface area contributed by atoms with Gasteiger partial charge in [-0.15, -0.1) is 0 Å². The standard InChI is InChI=1S/C20H17ClN2O4/c1-3-27-17-9-8-13(11-15(17)21)10-14-18(24)22-20(26)23(19(14)25)16-7-5-4-6-12(16)2/h4-11H,3H2,1-2H3,(H,22,24,26). The Hall–Kier alpha value is -3.12. The Bertz CT molecular complexity index is 968. The van der Waals surface area contributed by atoms with Crippen LogP contribution in [0, 0.1) is 6.92 Å². The molecule has 0 atom stereocenters. The first-order chi connectivity index (χ1) is 12.9. The lowest BCUT2D eigenvalue weighted by atomic mass is 10.1. The van der Waals surface area contributed by atoms with Crippen LogP contribution in [-0.4, -0.2) is 24.5 Å². The summed E-state index contributed by atoms with van der Waals surface area (Å²) < 4.78 is 5.37. The average Bonchev–Trinajstić information content (AvgIpc) is 2.62. The van der Waals surface area contributed by atoms with E-state index in [0.29, 0.717) is 28.6 Å². The Labute approximate surface area is 161 Å². The van der Waals surface area contributed by atoms with Crippen LogP contribution in [0.3, 0.4) is 0 Å². The number of halogens is 1. The predicted molar refractivity (Wildman–Crippen MR) is 103 cm³/mol. The van der Waals surface area contributed by atoms with Crippen LogP contribution in [-0.2, 0) is 9.59 Å². The molecule has 7 heteroatoms. The summed E-state index contributed by atoms with van der Waals surface area (Å²) in [5.74, 6) is -0.930. The molecular formula is C20H17ClN2O4. The van der Waals surface area contributed by atoms with Gasteiger partial charge in [-0.3, -0.25) is 14.9 Å². The van der Waals surface area contributed by atoms with E-state index < -0.39 is 17.8 Å². The van der Waals surface area contributed by atoms with Crippen LogP contribution in [0.4, 0.5) is 10.5 Å². The van der Waals surface area contributed by atoms with Gasteiger partial charge in [0.05, 0.1) is 17.3 Å². The van der Waals surface area contributed by atoms with Gasteiger partial charge in [0, 0.05) is 0 Å². The van der Waals surface area contributed by atoms with Crippen molar-refractivity contribution in [3.8, 4) is 5.75 Å². The summed E-state index contributed by atoms with van der Waals surface area (Å²) in [5, 5.41) is 2.57. The average molecular weight is 385 g/mol. The molecule has 1 N–H and O–H groups in total. The van der Waals surface area contributed by atoms with E-state index in [2.05, 4.69) is 5.32 Å². The van der Waals surface area contributed by atoms with Crippen molar-refractivity contribution in [2.45, 2.75) is 13.8 Å². The highest BCUT2D eigenvalue weighted by Gasteiger charge is 2.37. The highest BCUT2D eigenvalue weighted by molar-refractivity contribution is 6.39. The largest absolute Gasteiger partial charge is 0.492 e. The lowest BCUT2D eigenvalue weighted by Gasteiger charge is -2.27. The van der Waals surface area contributed by atoms with E-state index in [9.17, 15) is 14.4 Å². The third-order valence-electron chi connectivity index (χ3n) is 4.02. The van der Waals surface area contributed by atoms with E-state index in [0.717, 1.165) is 10.5 Å². The quantitative estimate of drug-likeness (QED) is 0.644. The molecule has 3 rings (SSSR count). The summed E-state index contributed by atoms with van der Waals surface area (Å²) in [6, 6.07) is 11.1. The van der Waals surface area contributed by atoms with Crippen LogP contribution < -0.4 is 15.0 Å². The van der Waals surface area contributed by atoms with Crippen molar-refractivity contribution < 1.29 is 19.1 Å². The second kappa shape index (κ2) is 7.63. The molecule has 0 radical (unpaired) electrons. The number of barbiturate groups is 1. The maximum Gasteiger partial charge on any atom is 0.335 e. The normalized spacial score (nSPS) is 15.9. The number of anilines is 1. The second-order valence-corrected chi connectivity index (χ2v) is 6.27. The Morgan fingerprint density at radius 1 is 1.15 bits per heavy atom. The number of aryl methyl sites for hydroxylation is 1. The molecule has 1 fully saturated rings. The van der Waals surface area contributed by atoms with E-state index in [-0.39, 0.29) is 5.57 Å². The first-order valence-corrected chi connectivity index (χ1v) is 8.69. The molecule has 2 aromatic carbocycles. The number of nitrogens with zero attached hydrogens (tertiary/aromatic N) is 1. The Morgan fingerprint density at radius 2 is 1.89 bits per heavy atom. The molecule has 27 heavy (non-hydrogen) atoms. The summed E-state index contributed by atoms with van der Waals surface area (Å²) in [6.45, 7) is 4.09. The van der Waals surface area contributed by atoms with E-state index in [1.807, 2.05) is 6.92 Å². The van der Waals surface area contributed by atoms with Crippen LogP contribution in [0.2, 0.25) is 5.02 Å². The molecule has 0 spiro atoms. The molecule has 1 aliphatic rings. The molecule has 0 unspecified atom stereocenters. The van der Waals surface area contributed by atoms with Gasteiger partial charge in [-0.05, 0) is 49.2 Å². The van der Waals surface area contributed by atoms with Gasteiger partial charge in [0.2, 0.25) is 0 Å². The number of carbonyl (C=O) groups is 3. The number of imide groups is 2. The number of benzene rings is 2. The van der Waals surface area contributed by atoms with Crippen LogP contribution >= 0.6 is 11.6 Å². The lowest BCUT2D eigenvalue weighted by Crippen LogP contribution is -2.54. The summed E-state index contributed by atoms with van der Waals surface area (Å²) in [5.41, 5.74) is 1.54. The van der Waals surface area contributed by atoms with Gasteiger partial charge in [-0.2, -0.15) is 0 Å². The van der Waals surface area contributed by atoms with Gasteiger partial charge in [0.25, 0.3) is 11.8 Å². The molecule has 6 nitrogen and oxygen atoms in total. The van der Waals surface area contributed by atoms with E-state index in [1.54, 1.807) is 49.4 Å². The minimum atomic E-state index is -0.777. The minimum absolute atomic E-state index is 0.155. The van der Waals surface area contributed by atoms with Crippen molar-refractivity contribution >= 4 is 41.2 Å². The first-order valence-electron chi connectivity index (χ1n) is 8.31. The molecule has 0 saturated carbocycles. The van der Waals surface area contributed by atoms with Crippen molar-refractivity contribution in [2.24, 2.45) is 0 Å². The first kappa shape index (κ1) is 18.7. The molecule has 0 aromatic heterocycles. The smallest absolute Gasteiger partial charge is 0.335 e. The maximum absolute atomic E-state index is 12.9. The molecule has 0 aliphatic carbocycles. The molecule has 1 saturated heterocycles. The van der Waals surface area contributed by atoms with Crippen molar-refractivity contribution in [1.29, 1.82) is 0 Å². The maximum atomic E-state index is 12.9. The number of hydrogen-bond acceptors (Lipinski definition) is 4. The van der Waals surface area contributed by atoms with Crippen molar-refractivity contribution in [2.75, 3.05) is 11.5 Å². The number of nitrogens with one attached hydrogen (secondary N) is 1. The number of carbonyl (C=O) groups excluding carboxylic acids is 3. The fourth-order valence-corrected chi connectivity index (χ4v) is 2.98. The molecule has 1 heterocycles. The van der Waals surface area contributed by atoms with Crippen LogP contribution in [0.1, 0.15) is 18.1 Å². The molecule has 1 aliphatic heterocycles. The number of ether oxygens (including phenoxy) is 1. The summed E-state index contributed by atoms with van der Waals surface area (Å²) in [6.07, 6.45) is 1.40. The molecule has 0 bridgehead atoms. The number of para-hydroxylation sites is 1. The minimum Gasteiger partial charge on any atom is -0.492 e. The van der Waals surface area contributed by atoms with Crippen molar-refractivity contribution in [3.63, 3.8) is 0 Å². The van der Waals surface area contributed by atoms with Gasteiger partial charge in [-0.1, -0.05) is 35.9 Å². The Morgan fingerprint density at radius 3 is 2.56 bits per heavy atom. The zero-order chi connectivity index (χ0) is 19.6. The number of amides is 4. The van der Waals surface area contributed by atoms with Gasteiger partial charge >= 0.3 is 6.03 Å². The second-order valence-electron chi connectivity index (χ2n) is 5.87. The van der Waals surface area contributed by atoms with Gasteiger partial charge < -0.3 is 4.74 Å². The zero-order valence-corrected chi connectivity index (χ0v) is 15.5. The van der Waals surface area contributed by atoms with E-state index in [1.165, 1.54) is 6.08 Å². The molecule has 138 valence electrons. The predicted octanol–water partition coefficient (Wildman–Crippen LogP) is 3.71. The third-order valence-corrected chi connectivity index (χ3v) is 4.32. The van der Waals surface area contributed by atoms with Gasteiger partial charge in [0.15, 0.2) is 0 Å². The third kappa shape index (κ3) is 3.71. The van der Waals surface area contributed by atoms with Crippen LogP contribution in [0.5, 0.6) is 5.75 Å². The summed E-state index contributed by atoms with van der Waals surface area (Å²) >= 11 is 6.16. The van der Waals surface area contributed by atoms with Crippen molar-refractivity contribution in [3.05, 3.63) is 64.2 Å². The summed E-state index contributed by atoms with van der Waals surface area (Å²) in [4.78, 5) is 38.3. The number of urea groups is 1. The number of hydrogen-bond donors (Lipinski definition) is 1. The van der Waals surface area contributed by atoms with Crippen LogP contribution in [0.15, 0.2) is 48.0 Å². The summed E-state index contributed by atoms with van der Waals surface area (Å²) in [7, 11) is 0. The van der Waals surface area contributed by atoms with Gasteiger partial charge in [-0.25, -0.2) is 9.69 Å². The highest BCUT2D eigenvalue weighted by atomic mass is 35.5. The lowest BCUT2D eigenvalue weighted by molar-refractivity contribution is -0.122.